The Bertz CT molecular complexity index is 512. The number of aliphatic hydroxyl groups is 2. The van der Waals surface area contributed by atoms with Gasteiger partial charge in [-0.1, -0.05) is 6.92 Å². The number of rotatable bonds is 4. The third-order valence-corrected chi connectivity index (χ3v) is 2.79. The summed E-state index contributed by atoms with van der Waals surface area (Å²) in [5.41, 5.74) is 6.76. The van der Waals surface area contributed by atoms with E-state index >= 15 is 0 Å². The van der Waals surface area contributed by atoms with Crippen LogP contribution in [-0.4, -0.2) is 42.4 Å². The zero-order valence-electron chi connectivity index (χ0n) is 9.48. The highest BCUT2D eigenvalue weighted by Gasteiger charge is 2.21. The summed E-state index contributed by atoms with van der Waals surface area (Å²) in [6.45, 7) is 1.61. The lowest BCUT2D eigenvalue weighted by molar-refractivity contribution is 0.0510. The van der Waals surface area contributed by atoms with E-state index in [1.54, 1.807) is 10.9 Å². The molecule has 4 N–H and O–H groups in total. The Morgan fingerprint density at radius 3 is 2.82 bits per heavy atom. The van der Waals surface area contributed by atoms with Crippen molar-refractivity contribution in [3.63, 3.8) is 0 Å². The summed E-state index contributed by atoms with van der Waals surface area (Å²) in [5.74, 6) is 0.307. The van der Waals surface area contributed by atoms with Gasteiger partial charge in [-0.15, -0.1) is 0 Å². The van der Waals surface area contributed by atoms with Crippen LogP contribution in [0.15, 0.2) is 12.7 Å². The van der Waals surface area contributed by atoms with E-state index in [0.29, 0.717) is 23.4 Å². The molecule has 0 spiro atoms. The lowest BCUT2D eigenvalue weighted by Crippen LogP contribution is -2.26. The first kappa shape index (κ1) is 11.7. The molecule has 7 heteroatoms. The van der Waals surface area contributed by atoms with Crippen LogP contribution in [0.2, 0.25) is 0 Å². The van der Waals surface area contributed by atoms with Crippen molar-refractivity contribution in [3.8, 4) is 0 Å². The summed E-state index contributed by atoms with van der Waals surface area (Å²) < 4.78 is 1.72. The molecular formula is C10H15N5O2. The van der Waals surface area contributed by atoms with E-state index in [1.165, 1.54) is 6.33 Å². The maximum Gasteiger partial charge on any atom is 0.165 e. The van der Waals surface area contributed by atoms with Crippen molar-refractivity contribution in [1.29, 1.82) is 0 Å². The van der Waals surface area contributed by atoms with Crippen molar-refractivity contribution in [2.24, 2.45) is 0 Å². The number of fused-ring (bicyclic) bond motifs is 1. The Morgan fingerprint density at radius 1 is 1.41 bits per heavy atom. The largest absolute Gasteiger partial charge is 0.394 e. The number of aromatic nitrogens is 4. The molecule has 0 amide bonds. The van der Waals surface area contributed by atoms with Crippen LogP contribution in [0.3, 0.4) is 0 Å². The van der Waals surface area contributed by atoms with E-state index in [-0.39, 0.29) is 12.6 Å². The van der Waals surface area contributed by atoms with E-state index in [2.05, 4.69) is 15.0 Å². The van der Waals surface area contributed by atoms with Gasteiger partial charge in [0.05, 0.1) is 25.1 Å². The number of anilines is 1. The van der Waals surface area contributed by atoms with Crippen LogP contribution in [0, 0.1) is 0 Å². The Kier molecular flexibility index (Phi) is 3.21. The van der Waals surface area contributed by atoms with Crippen molar-refractivity contribution >= 4 is 17.0 Å². The number of hydrogen-bond acceptors (Lipinski definition) is 6. The normalized spacial score (nSPS) is 15.0. The average molecular weight is 237 g/mol. The summed E-state index contributed by atoms with van der Waals surface area (Å²) in [6.07, 6.45) is 2.71. The fourth-order valence-electron chi connectivity index (χ4n) is 1.89. The first-order chi connectivity index (χ1) is 8.19. The molecule has 92 valence electrons. The third kappa shape index (κ3) is 1.94. The van der Waals surface area contributed by atoms with Crippen LogP contribution in [0.25, 0.3) is 11.2 Å². The van der Waals surface area contributed by atoms with Crippen LogP contribution >= 0.6 is 0 Å². The van der Waals surface area contributed by atoms with E-state index < -0.39 is 6.10 Å². The summed E-state index contributed by atoms with van der Waals surface area (Å²) in [5, 5.41) is 18.8. The predicted molar refractivity (Wildman–Crippen MR) is 62.2 cm³/mol. The fraction of sp³-hybridized carbons (Fsp3) is 0.500. The average Bonchev–Trinajstić information content (AvgIpc) is 2.75. The van der Waals surface area contributed by atoms with E-state index in [9.17, 15) is 5.11 Å². The molecule has 2 unspecified atom stereocenters. The second kappa shape index (κ2) is 4.64. The minimum Gasteiger partial charge on any atom is -0.394 e. The highest BCUT2D eigenvalue weighted by atomic mass is 16.3. The van der Waals surface area contributed by atoms with Gasteiger partial charge < -0.3 is 20.5 Å². The maximum absolute atomic E-state index is 9.74. The SMILES string of the molecule is CCC(C(O)CO)n1cnc2c(N)ncnc21. The zero-order chi connectivity index (χ0) is 12.4. The van der Waals surface area contributed by atoms with E-state index in [1.807, 2.05) is 6.92 Å². The quantitative estimate of drug-likeness (QED) is 0.674. The zero-order valence-corrected chi connectivity index (χ0v) is 9.48. The lowest BCUT2D eigenvalue weighted by Gasteiger charge is -2.21. The van der Waals surface area contributed by atoms with Gasteiger partial charge in [0.2, 0.25) is 0 Å². The number of hydrogen-bond donors (Lipinski definition) is 3. The van der Waals surface area contributed by atoms with Crippen LogP contribution in [0.1, 0.15) is 19.4 Å². The van der Waals surface area contributed by atoms with Crippen LogP contribution < -0.4 is 5.73 Å². The van der Waals surface area contributed by atoms with Crippen LogP contribution in [-0.2, 0) is 0 Å². The van der Waals surface area contributed by atoms with Gasteiger partial charge in [0.25, 0.3) is 0 Å². The van der Waals surface area contributed by atoms with Crippen molar-refractivity contribution in [3.05, 3.63) is 12.7 Å². The fourth-order valence-corrected chi connectivity index (χ4v) is 1.89. The van der Waals surface area contributed by atoms with Crippen molar-refractivity contribution in [1.82, 2.24) is 19.5 Å². The minimum absolute atomic E-state index is 0.278. The van der Waals surface area contributed by atoms with Crippen LogP contribution in [0.5, 0.6) is 0 Å². The van der Waals surface area contributed by atoms with Gasteiger partial charge in [0.15, 0.2) is 11.5 Å². The summed E-state index contributed by atoms with van der Waals surface area (Å²) >= 11 is 0. The Morgan fingerprint density at radius 2 is 2.18 bits per heavy atom. The van der Waals surface area contributed by atoms with Crippen molar-refractivity contribution in [2.75, 3.05) is 12.3 Å². The molecule has 0 aliphatic rings. The number of nitrogens with zero attached hydrogens (tertiary/aromatic N) is 4. The van der Waals surface area contributed by atoms with E-state index in [0.717, 1.165) is 0 Å². The molecule has 2 aromatic heterocycles. The van der Waals surface area contributed by atoms with Crippen molar-refractivity contribution < 1.29 is 10.2 Å². The number of aliphatic hydroxyl groups excluding tert-OH is 2. The minimum atomic E-state index is -0.853. The second-order valence-electron chi connectivity index (χ2n) is 3.81. The third-order valence-electron chi connectivity index (χ3n) is 2.79. The molecule has 0 aromatic carbocycles. The molecule has 2 rings (SSSR count). The highest BCUT2D eigenvalue weighted by Crippen LogP contribution is 2.22. The Balaban J connectivity index is 2.51. The molecule has 0 fully saturated rings. The van der Waals surface area contributed by atoms with Crippen molar-refractivity contribution in [2.45, 2.75) is 25.5 Å². The molecule has 0 aliphatic carbocycles. The molecule has 0 saturated heterocycles. The van der Waals surface area contributed by atoms with Gasteiger partial charge in [-0.2, -0.15) is 0 Å². The first-order valence-electron chi connectivity index (χ1n) is 5.41. The molecule has 0 saturated carbocycles. The molecule has 2 atom stereocenters. The Hall–Kier alpha value is -1.73. The van der Waals surface area contributed by atoms with Gasteiger partial charge in [0.1, 0.15) is 11.8 Å². The molecule has 2 heterocycles. The second-order valence-corrected chi connectivity index (χ2v) is 3.81. The molecule has 2 aromatic rings. The molecular weight excluding hydrogens is 222 g/mol. The van der Waals surface area contributed by atoms with Gasteiger partial charge in [-0.3, -0.25) is 0 Å². The number of imidazole rings is 1. The highest BCUT2D eigenvalue weighted by molar-refractivity contribution is 5.81. The number of nitrogens with two attached hydrogens (primary N) is 1. The topological polar surface area (TPSA) is 110 Å². The standard InChI is InChI=1S/C10H15N5O2/c1-2-6(7(17)3-16)15-5-14-8-9(11)12-4-13-10(8)15/h4-7,16-17H,2-3H2,1H3,(H2,11,12,13). The first-order valence-corrected chi connectivity index (χ1v) is 5.41. The molecule has 0 radical (unpaired) electrons. The van der Waals surface area contributed by atoms with Gasteiger partial charge in [-0.05, 0) is 6.42 Å². The Labute approximate surface area is 97.9 Å². The molecule has 17 heavy (non-hydrogen) atoms. The molecule has 0 bridgehead atoms. The summed E-state index contributed by atoms with van der Waals surface area (Å²) in [6, 6.07) is -0.278. The van der Waals surface area contributed by atoms with Gasteiger partial charge in [0, 0.05) is 0 Å². The van der Waals surface area contributed by atoms with Gasteiger partial charge in [-0.25, -0.2) is 15.0 Å². The lowest BCUT2D eigenvalue weighted by atomic mass is 10.1. The summed E-state index contributed by atoms with van der Waals surface area (Å²) in [7, 11) is 0. The van der Waals surface area contributed by atoms with E-state index in [4.69, 9.17) is 10.8 Å². The van der Waals surface area contributed by atoms with Crippen LogP contribution in [0.4, 0.5) is 5.82 Å². The number of nitrogen functional groups attached to an aromatic ring is 1. The summed E-state index contributed by atoms with van der Waals surface area (Å²) in [4.78, 5) is 12.1. The smallest absolute Gasteiger partial charge is 0.165 e. The van der Waals surface area contributed by atoms with Gasteiger partial charge >= 0.3 is 0 Å². The molecule has 0 aliphatic heterocycles. The molecule has 7 nitrogen and oxygen atoms in total. The predicted octanol–water partition coefficient (Wildman–Crippen LogP) is -0.287. The maximum atomic E-state index is 9.74. The monoisotopic (exact) mass is 237 g/mol.